The van der Waals surface area contributed by atoms with Crippen molar-refractivity contribution in [2.45, 2.75) is 0 Å². The van der Waals surface area contributed by atoms with E-state index in [9.17, 15) is 0 Å². The van der Waals surface area contributed by atoms with Gasteiger partial charge in [-0.1, -0.05) is 127 Å². The largest absolute Gasteiger partial charge is 0.453 e. The van der Waals surface area contributed by atoms with Gasteiger partial charge in [-0.2, -0.15) is 0 Å². The molecule has 0 amide bonds. The van der Waals surface area contributed by atoms with E-state index in [0.29, 0.717) is 0 Å². The van der Waals surface area contributed by atoms with Crippen LogP contribution in [0.1, 0.15) is 0 Å². The van der Waals surface area contributed by atoms with E-state index < -0.39 is 8.07 Å². The number of hydrogen-bond acceptors (Lipinski definition) is 3. The summed E-state index contributed by atoms with van der Waals surface area (Å²) in [4.78, 5) is 10.5. The Morgan fingerprint density at radius 2 is 1.00 bits per heavy atom. The molecule has 0 atom stereocenters. The third kappa shape index (κ3) is 3.84. The molecule has 4 heterocycles. The number of rotatable bonds is 5. The Bertz CT molecular complexity index is 2340. The fourth-order valence-corrected chi connectivity index (χ4v) is 11.6. The monoisotopic (exact) mass is 593 g/mol. The van der Waals surface area contributed by atoms with Crippen LogP contribution in [-0.4, -0.2) is 22.6 Å². The number of hydrogen-bond donors (Lipinski definition) is 0. The van der Waals surface area contributed by atoms with E-state index in [1.807, 2.05) is 6.20 Å². The average molecular weight is 594 g/mol. The molecule has 9 rings (SSSR count). The second-order valence-electron chi connectivity index (χ2n) is 11.4. The first kappa shape index (κ1) is 25.7. The minimum absolute atomic E-state index is 0.723. The van der Waals surface area contributed by atoms with Gasteiger partial charge in [-0.15, -0.1) is 0 Å². The van der Waals surface area contributed by atoms with E-state index in [2.05, 4.69) is 162 Å². The first-order chi connectivity index (χ1) is 22.3. The van der Waals surface area contributed by atoms with Crippen molar-refractivity contribution in [1.29, 1.82) is 0 Å². The Labute approximate surface area is 260 Å². The van der Waals surface area contributed by atoms with Gasteiger partial charge < -0.3 is 8.98 Å². The second-order valence-corrected chi connectivity index (χ2v) is 15.1. The average Bonchev–Trinajstić information content (AvgIpc) is 3.65. The molecular formula is C40H27N3OSi. The first-order valence-corrected chi connectivity index (χ1v) is 17.2. The zero-order valence-corrected chi connectivity index (χ0v) is 25.3. The van der Waals surface area contributed by atoms with Crippen LogP contribution in [0.15, 0.2) is 168 Å². The van der Waals surface area contributed by atoms with Crippen LogP contribution < -0.4 is 20.9 Å². The summed E-state index contributed by atoms with van der Waals surface area (Å²) in [5, 5.41) is 7.33. The predicted octanol–water partition coefficient (Wildman–Crippen LogP) is 6.85. The van der Waals surface area contributed by atoms with Gasteiger partial charge in [-0.3, -0.25) is 4.98 Å². The van der Waals surface area contributed by atoms with Crippen LogP contribution in [0.3, 0.4) is 0 Å². The zero-order chi connectivity index (χ0) is 29.8. The summed E-state index contributed by atoms with van der Waals surface area (Å²) in [6, 6.07) is 55.9. The molecule has 5 aromatic carbocycles. The highest BCUT2D eigenvalue weighted by Gasteiger charge is 2.43. The summed E-state index contributed by atoms with van der Waals surface area (Å²) in [6.07, 6.45) is 1.95. The SMILES string of the molecule is c1ccc([Si](c2ccccc2)(c2ccccc2)c2ccc3oc4cc(-n5c6ccccc6c6ccccc65)cnc4c3n2)cc1. The van der Waals surface area contributed by atoms with Gasteiger partial charge in [0.15, 0.2) is 11.2 Å². The Morgan fingerprint density at radius 1 is 0.489 bits per heavy atom. The lowest BCUT2D eigenvalue weighted by Gasteiger charge is -2.33. The van der Waals surface area contributed by atoms with Crippen molar-refractivity contribution in [3.05, 3.63) is 164 Å². The molecule has 0 unspecified atom stereocenters. The van der Waals surface area contributed by atoms with Crippen LogP contribution in [0, 0.1) is 0 Å². The quantitative estimate of drug-likeness (QED) is 0.162. The van der Waals surface area contributed by atoms with E-state index in [4.69, 9.17) is 14.4 Å². The molecule has 0 aliphatic heterocycles. The molecule has 0 saturated heterocycles. The van der Waals surface area contributed by atoms with Gasteiger partial charge in [0.25, 0.3) is 0 Å². The zero-order valence-electron chi connectivity index (χ0n) is 24.3. The molecule has 0 radical (unpaired) electrons. The van der Waals surface area contributed by atoms with Crippen molar-refractivity contribution in [3.8, 4) is 5.69 Å². The molecule has 4 nitrogen and oxygen atoms in total. The molecule has 0 fully saturated rings. The summed E-state index contributed by atoms with van der Waals surface area (Å²) >= 11 is 0. The number of pyridine rings is 2. The molecule has 0 aliphatic carbocycles. The van der Waals surface area contributed by atoms with Crippen molar-refractivity contribution in [1.82, 2.24) is 14.5 Å². The van der Waals surface area contributed by atoms with Crippen molar-refractivity contribution in [3.63, 3.8) is 0 Å². The maximum absolute atomic E-state index is 6.48. The van der Waals surface area contributed by atoms with Crippen LogP contribution in [-0.2, 0) is 0 Å². The molecule has 0 N–H and O–H groups in total. The molecule has 0 aliphatic rings. The summed E-state index contributed by atoms with van der Waals surface area (Å²) in [5.74, 6) is 0. The summed E-state index contributed by atoms with van der Waals surface area (Å²) in [5.41, 5.74) is 6.25. The highest BCUT2D eigenvalue weighted by molar-refractivity contribution is 7.19. The number of fused-ring (bicyclic) bond motifs is 6. The number of benzene rings is 5. The van der Waals surface area contributed by atoms with E-state index in [0.717, 1.165) is 44.2 Å². The topological polar surface area (TPSA) is 43.9 Å². The first-order valence-electron chi connectivity index (χ1n) is 15.2. The lowest BCUT2D eigenvalue weighted by atomic mass is 10.2. The van der Waals surface area contributed by atoms with E-state index in [1.165, 1.54) is 26.3 Å². The van der Waals surface area contributed by atoms with Crippen LogP contribution in [0.2, 0.25) is 0 Å². The third-order valence-corrected chi connectivity index (χ3v) is 13.6. The Hall–Kier alpha value is -5.78. The fraction of sp³-hybridized carbons (Fsp3) is 0. The van der Waals surface area contributed by atoms with Gasteiger partial charge in [0, 0.05) is 22.2 Å². The number of aromatic nitrogens is 3. The van der Waals surface area contributed by atoms with Crippen molar-refractivity contribution in [2.75, 3.05) is 0 Å². The van der Waals surface area contributed by atoms with Gasteiger partial charge in [-0.05, 0) is 39.8 Å². The predicted molar refractivity (Wildman–Crippen MR) is 187 cm³/mol. The molecular weight excluding hydrogens is 567 g/mol. The van der Waals surface area contributed by atoms with Crippen molar-refractivity contribution >= 4 is 73.0 Å². The fourth-order valence-electron chi connectivity index (χ4n) is 7.05. The maximum atomic E-state index is 6.48. The molecule has 5 heteroatoms. The molecule has 9 aromatic rings. The lowest BCUT2D eigenvalue weighted by molar-refractivity contribution is 0.667. The molecule has 0 spiro atoms. The molecule has 0 bridgehead atoms. The molecule has 0 saturated carbocycles. The Balaban J connectivity index is 1.29. The minimum atomic E-state index is -2.78. The highest BCUT2D eigenvalue weighted by Crippen LogP contribution is 2.33. The van der Waals surface area contributed by atoms with Gasteiger partial charge in [0.1, 0.15) is 11.0 Å². The smallest absolute Gasteiger partial charge is 0.201 e. The highest BCUT2D eigenvalue weighted by atomic mass is 28.3. The minimum Gasteiger partial charge on any atom is -0.453 e. The normalized spacial score (nSPS) is 12.0. The standard InChI is InChI=1S/C40H27N3OSi/c1-4-14-29(15-5-1)45(30-16-6-2-7-17-30,31-18-8-3-9-19-31)38-25-24-36-40(42-38)39-37(44-36)26-28(27-41-39)43-34-22-12-10-20-32(34)33-21-11-13-23-35(33)43/h1-27H. The maximum Gasteiger partial charge on any atom is 0.201 e. The van der Waals surface area contributed by atoms with Gasteiger partial charge >= 0.3 is 0 Å². The molecule has 212 valence electrons. The number of para-hydroxylation sites is 2. The van der Waals surface area contributed by atoms with Gasteiger partial charge in [0.05, 0.1) is 22.9 Å². The second kappa shape index (κ2) is 10.1. The van der Waals surface area contributed by atoms with Crippen molar-refractivity contribution in [2.24, 2.45) is 0 Å². The number of nitrogens with zero attached hydrogens (tertiary/aromatic N) is 3. The van der Waals surface area contributed by atoms with Crippen LogP contribution in [0.5, 0.6) is 0 Å². The summed E-state index contributed by atoms with van der Waals surface area (Å²) < 4.78 is 8.74. The van der Waals surface area contributed by atoms with Crippen LogP contribution >= 0.6 is 0 Å². The van der Waals surface area contributed by atoms with Crippen LogP contribution in [0.25, 0.3) is 49.7 Å². The Morgan fingerprint density at radius 3 is 1.56 bits per heavy atom. The summed E-state index contributed by atoms with van der Waals surface area (Å²) in [7, 11) is -2.78. The van der Waals surface area contributed by atoms with E-state index in [-0.39, 0.29) is 0 Å². The van der Waals surface area contributed by atoms with Gasteiger partial charge in [0.2, 0.25) is 8.07 Å². The van der Waals surface area contributed by atoms with Gasteiger partial charge in [-0.25, -0.2) is 4.98 Å². The Kier molecular flexibility index (Phi) is 5.79. The number of furan rings is 1. The summed E-state index contributed by atoms with van der Waals surface area (Å²) in [6.45, 7) is 0. The van der Waals surface area contributed by atoms with E-state index >= 15 is 0 Å². The molecule has 45 heavy (non-hydrogen) atoms. The van der Waals surface area contributed by atoms with Crippen molar-refractivity contribution < 1.29 is 4.42 Å². The third-order valence-electron chi connectivity index (χ3n) is 8.98. The molecule has 4 aromatic heterocycles. The van der Waals surface area contributed by atoms with Crippen LogP contribution in [0.4, 0.5) is 0 Å². The van der Waals surface area contributed by atoms with E-state index in [1.54, 1.807) is 0 Å². The lowest BCUT2D eigenvalue weighted by Crippen LogP contribution is -2.75.